The molecule has 1 aromatic heterocycles. The molecule has 1 N–H and O–H groups in total. The maximum Gasteiger partial charge on any atom is 0.424 e. The number of hydrogen-bond donors (Lipinski definition) is 1. The molecular weight excluding hydrogens is 301 g/mol. The van der Waals surface area contributed by atoms with Crippen molar-refractivity contribution in [1.82, 2.24) is 0 Å². The van der Waals surface area contributed by atoms with E-state index in [1.165, 1.54) is 37.4 Å². The van der Waals surface area contributed by atoms with Crippen molar-refractivity contribution in [3.63, 3.8) is 0 Å². The number of aliphatic hydroxyl groups is 1. The fourth-order valence-electron chi connectivity index (χ4n) is 2.01. The van der Waals surface area contributed by atoms with Crippen molar-refractivity contribution in [3.05, 3.63) is 59.5 Å². The van der Waals surface area contributed by atoms with Crippen LogP contribution in [0.15, 0.2) is 47.1 Å². The van der Waals surface area contributed by atoms with Gasteiger partial charge in [-0.3, -0.25) is 0 Å². The minimum atomic E-state index is -4.91. The van der Waals surface area contributed by atoms with Crippen molar-refractivity contribution in [2.45, 2.75) is 18.2 Å². The number of hydrogen-bond acceptors (Lipinski definition) is 4. The van der Waals surface area contributed by atoms with Gasteiger partial charge < -0.3 is 14.3 Å². The van der Waals surface area contributed by atoms with Gasteiger partial charge in [-0.15, -0.1) is 0 Å². The molecule has 2 rings (SSSR count). The molecule has 0 aliphatic carbocycles. The molecule has 1 aromatic carbocycles. The third-order valence-electron chi connectivity index (χ3n) is 3.23. The van der Waals surface area contributed by atoms with Crippen LogP contribution in [0.25, 0.3) is 0 Å². The summed E-state index contributed by atoms with van der Waals surface area (Å²) in [6.45, 7) is 0. The Hall–Kier alpha value is -2.28. The van der Waals surface area contributed by atoms with Crippen molar-refractivity contribution in [2.24, 2.45) is 0 Å². The molecule has 22 heavy (non-hydrogen) atoms. The van der Waals surface area contributed by atoms with Crippen LogP contribution in [0.1, 0.15) is 21.7 Å². The molecule has 0 amide bonds. The van der Waals surface area contributed by atoms with Gasteiger partial charge >= 0.3 is 12.1 Å². The minimum absolute atomic E-state index is 0.198. The van der Waals surface area contributed by atoms with E-state index in [-0.39, 0.29) is 11.1 Å². The lowest BCUT2D eigenvalue weighted by Crippen LogP contribution is -2.44. The lowest BCUT2D eigenvalue weighted by atomic mass is 9.91. The Morgan fingerprint density at radius 1 is 1.23 bits per heavy atom. The Labute approximate surface area is 124 Å². The van der Waals surface area contributed by atoms with Crippen LogP contribution in [0.5, 0.6) is 0 Å². The SMILES string of the molecule is COC(=O)c1ccc(CC(O)(c2ccco2)C(F)(F)F)cc1. The maximum atomic E-state index is 13.2. The van der Waals surface area contributed by atoms with E-state index in [9.17, 15) is 23.1 Å². The molecule has 118 valence electrons. The Balaban J connectivity index is 2.31. The van der Waals surface area contributed by atoms with Gasteiger partial charge in [-0.1, -0.05) is 12.1 Å². The van der Waals surface area contributed by atoms with E-state index in [0.717, 1.165) is 12.3 Å². The van der Waals surface area contributed by atoms with Crippen LogP contribution in [0, 0.1) is 0 Å². The highest BCUT2D eigenvalue weighted by Crippen LogP contribution is 2.41. The van der Waals surface area contributed by atoms with Crippen LogP contribution in [0.2, 0.25) is 0 Å². The average Bonchev–Trinajstić information content (AvgIpc) is 3.00. The predicted molar refractivity (Wildman–Crippen MR) is 70.1 cm³/mol. The number of halogens is 3. The predicted octanol–water partition coefficient (Wildman–Crippen LogP) is 3.06. The summed E-state index contributed by atoms with van der Waals surface area (Å²) in [5, 5.41) is 10.1. The number of carbonyl (C=O) groups excluding carboxylic acids is 1. The first-order valence-electron chi connectivity index (χ1n) is 6.28. The van der Waals surface area contributed by atoms with Gasteiger partial charge in [0.1, 0.15) is 5.76 Å². The standard InChI is InChI=1S/C15H13F3O4/c1-21-13(19)11-6-4-10(5-7-11)9-14(20,15(16,17)18)12-3-2-8-22-12/h2-8,20H,9H2,1H3. The van der Waals surface area contributed by atoms with E-state index in [4.69, 9.17) is 4.42 Å². The van der Waals surface area contributed by atoms with E-state index in [0.29, 0.717) is 0 Å². The number of carbonyl (C=O) groups is 1. The smallest absolute Gasteiger partial charge is 0.424 e. The number of rotatable bonds is 4. The maximum absolute atomic E-state index is 13.2. The highest BCUT2D eigenvalue weighted by atomic mass is 19.4. The molecule has 0 radical (unpaired) electrons. The van der Waals surface area contributed by atoms with Gasteiger partial charge in [0.25, 0.3) is 0 Å². The molecule has 2 aromatic rings. The highest BCUT2D eigenvalue weighted by Gasteiger charge is 2.56. The Kier molecular flexibility index (Phi) is 4.27. The summed E-state index contributed by atoms with van der Waals surface area (Å²) in [6.07, 6.45) is -4.58. The number of furan rings is 1. The summed E-state index contributed by atoms with van der Waals surface area (Å²) >= 11 is 0. The van der Waals surface area contributed by atoms with E-state index in [1.54, 1.807) is 0 Å². The summed E-state index contributed by atoms with van der Waals surface area (Å²) in [6, 6.07) is 7.65. The van der Waals surface area contributed by atoms with Crippen molar-refractivity contribution < 1.29 is 32.2 Å². The van der Waals surface area contributed by atoms with Crippen molar-refractivity contribution in [2.75, 3.05) is 7.11 Å². The van der Waals surface area contributed by atoms with Gasteiger partial charge in [0.15, 0.2) is 0 Å². The number of alkyl halides is 3. The van der Waals surface area contributed by atoms with Crippen LogP contribution in [-0.2, 0) is 16.8 Å². The van der Waals surface area contributed by atoms with E-state index in [1.807, 2.05) is 0 Å². The number of methoxy groups -OCH3 is 1. The molecule has 0 bridgehead atoms. The molecule has 0 aliphatic rings. The third-order valence-corrected chi connectivity index (χ3v) is 3.23. The normalized spacial score (nSPS) is 14.4. The van der Waals surface area contributed by atoms with Crippen LogP contribution >= 0.6 is 0 Å². The molecule has 1 atom stereocenters. The number of benzene rings is 1. The third kappa shape index (κ3) is 2.99. The van der Waals surface area contributed by atoms with E-state index in [2.05, 4.69) is 4.74 Å². The molecule has 7 heteroatoms. The minimum Gasteiger partial charge on any atom is -0.466 e. The van der Waals surface area contributed by atoms with Gasteiger partial charge in [0.2, 0.25) is 5.60 Å². The zero-order valence-electron chi connectivity index (χ0n) is 11.6. The van der Waals surface area contributed by atoms with Gasteiger partial charge in [-0.25, -0.2) is 4.79 Å². The molecule has 0 saturated carbocycles. The second-order valence-electron chi connectivity index (χ2n) is 4.70. The molecule has 1 unspecified atom stereocenters. The lowest BCUT2D eigenvalue weighted by molar-refractivity contribution is -0.272. The molecule has 0 fully saturated rings. The lowest BCUT2D eigenvalue weighted by Gasteiger charge is -2.28. The molecule has 0 saturated heterocycles. The summed E-state index contributed by atoms with van der Waals surface area (Å²) in [5.74, 6) is -1.18. The van der Waals surface area contributed by atoms with Crippen LogP contribution in [-0.4, -0.2) is 24.4 Å². The summed E-state index contributed by atoms with van der Waals surface area (Å²) in [4.78, 5) is 11.3. The highest BCUT2D eigenvalue weighted by molar-refractivity contribution is 5.89. The summed E-state index contributed by atoms with van der Waals surface area (Å²) in [7, 11) is 1.20. The van der Waals surface area contributed by atoms with Crippen LogP contribution in [0.4, 0.5) is 13.2 Å². The van der Waals surface area contributed by atoms with Crippen molar-refractivity contribution >= 4 is 5.97 Å². The fourth-order valence-corrected chi connectivity index (χ4v) is 2.01. The summed E-state index contributed by atoms with van der Waals surface area (Å²) < 4.78 is 48.9. The van der Waals surface area contributed by atoms with Crippen molar-refractivity contribution in [3.8, 4) is 0 Å². The topological polar surface area (TPSA) is 59.7 Å². The number of ether oxygens (including phenoxy) is 1. The van der Waals surface area contributed by atoms with Gasteiger partial charge in [-0.05, 0) is 29.8 Å². The average molecular weight is 314 g/mol. The Morgan fingerprint density at radius 3 is 2.32 bits per heavy atom. The second kappa shape index (κ2) is 5.84. The first-order valence-corrected chi connectivity index (χ1v) is 6.28. The monoisotopic (exact) mass is 314 g/mol. The molecule has 4 nitrogen and oxygen atoms in total. The Bertz CT molecular complexity index is 632. The summed E-state index contributed by atoms with van der Waals surface area (Å²) in [5.41, 5.74) is -2.73. The fraction of sp³-hybridized carbons (Fsp3) is 0.267. The zero-order chi connectivity index (χ0) is 16.4. The van der Waals surface area contributed by atoms with Gasteiger partial charge in [0.05, 0.1) is 18.9 Å². The largest absolute Gasteiger partial charge is 0.466 e. The zero-order valence-corrected chi connectivity index (χ0v) is 11.6. The molecule has 1 heterocycles. The molecule has 0 aliphatic heterocycles. The van der Waals surface area contributed by atoms with E-state index < -0.39 is 29.9 Å². The quantitative estimate of drug-likeness (QED) is 0.881. The first-order chi connectivity index (χ1) is 10.3. The van der Waals surface area contributed by atoms with Gasteiger partial charge in [0, 0.05) is 6.42 Å². The second-order valence-corrected chi connectivity index (χ2v) is 4.70. The first kappa shape index (κ1) is 16.1. The molecular formula is C15H13F3O4. The van der Waals surface area contributed by atoms with E-state index >= 15 is 0 Å². The molecule has 0 spiro atoms. The van der Waals surface area contributed by atoms with Crippen molar-refractivity contribution in [1.29, 1.82) is 0 Å². The van der Waals surface area contributed by atoms with Gasteiger partial charge in [-0.2, -0.15) is 13.2 Å². The van der Waals surface area contributed by atoms with Crippen LogP contribution in [0.3, 0.4) is 0 Å². The van der Waals surface area contributed by atoms with Crippen LogP contribution < -0.4 is 0 Å². The number of esters is 1. The Morgan fingerprint density at radius 2 is 1.86 bits per heavy atom.